The van der Waals surface area contributed by atoms with Gasteiger partial charge in [0.25, 0.3) is 0 Å². The number of piperidine rings is 1. The van der Waals surface area contributed by atoms with Gasteiger partial charge in [0.15, 0.2) is 0 Å². The maximum atomic E-state index is 12.4. The van der Waals surface area contributed by atoms with Gasteiger partial charge in [-0.3, -0.25) is 9.69 Å². The molecule has 0 spiro atoms. The Kier molecular flexibility index (Phi) is 2.76. The second-order valence-electron chi connectivity index (χ2n) is 6.87. The smallest absolute Gasteiger partial charge is 0.411 e. The molecule has 3 heterocycles. The van der Waals surface area contributed by atoms with Gasteiger partial charge in [-0.2, -0.15) is 0 Å². The number of carbonyl (C=O) groups is 2. The second kappa shape index (κ2) is 4.12. The highest BCUT2D eigenvalue weighted by atomic mass is 16.6. The molecule has 5 nitrogen and oxygen atoms in total. The van der Waals surface area contributed by atoms with Crippen LogP contribution in [0.5, 0.6) is 0 Å². The zero-order valence-corrected chi connectivity index (χ0v) is 11.9. The van der Waals surface area contributed by atoms with Crippen LogP contribution in [0.2, 0.25) is 0 Å². The van der Waals surface area contributed by atoms with Crippen molar-refractivity contribution in [2.45, 2.75) is 70.2 Å². The Labute approximate surface area is 113 Å². The molecule has 106 valence electrons. The molecule has 2 atom stereocenters. The van der Waals surface area contributed by atoms with Crippen molar-refractivity contribution in [3.63, 3.8) is 0 Å². The van der Waals surface area contributed by atoms with Crippen LogP contribution in [-0.2, 0) is 9.53 Å². The molecule has 0 unspecified atom stereocenters. The van der Waals surface area contributed by atoms with E-state index in [9.17, 15) is 9.59 Å². The molecule has 1 saturated carbocycles. The van der Waals surface area contributed by atoms with Crippen LogP contribution in [0.3, 0.4) is 0 Å². The van der Waals surface area contributed by atoms with E-state index in [4.69, 9.17) is 4.74 Å². The van der Waals surface area contributed by atoms with E-state index in [1.807, 2.05) is 25.7 Å². The van der Waals surface area contributed by atoms with Crippen LogP contribution < -0.4 is 0 Å². The molecule has 0 aromatic rings. The van der Waals surface area contributed by atoms with Crippen LogP contribution in [0.1, 0.15) is 46.5 Å². The van der Waals surface area contributed by atoms with Gasteiger partial charge < -0.3 is 9.64 Å². The van der Waals surface area contributed by atoms with E-state index in [2.05, 4.69) is 0 Å². The zero-order chi connectivity index (χ0) is 13.8. The maximum absolute atomic E-state index is 12.4. The number of hydrogen-bond donors (Lipinski definition) is 0. The van der Waals surface area contributed by atoms with Crippen LogP contribution in [0, 0.1) is 0 Å². The molecular weight excluding hydrogens is 244 g/mol. The topological polar surface area (TPSA) is 49.9 Å². The normalized spacial score (nSPS) is 30.8. The molecule has 0 aromatic carbocycles. The largest absolute Gasteiger partial charge is 0.444 e. The van der Waals surface area contributed by atoms with Gasteiger partial charge in [0.05, 0.1) is 6.04 Å². The third-order valence-corrected chi connectivity index (χ3v) is 4.32. The van der Waals surface area contributed by atoms with Crippen LogP contribution in [0.15, 0.2) is 0 Å². The highest BCUT2D eigenvalue weighted by molar-refractivity contribution is 5.90. The maximum Gasteiger partial charge on any atom is 0.411 e. The molecular formula is C14H22N2O3. The second-order valence-corrected chi connectivity index (χ2v) is 6.87. The quantitative estimate of drug-likeness (QED) is 0.726. The first-order chi connectivity index (χ1) is 8.87. The molecule has 4 rings (SSSR count). The van der Waals surface area contributed by atoms with Gasteiger partial charge in [-0.05, 0) is 46.5 Å². The van der Waals surface area contributed by atoms with Crippen LogP contribution in [0.4, 0.5) is 4.79 Å². The third-order valence-electron chi connectivity index (χ3n) is 4.32. The third kappa shape index (κ3) is 2.09. The number of ether oxygens (including phenoxy) is 1. The van der Waals surface area contributed by atoms with E-state index in [1.54, 1.807) is 4.90 Å². The number of rotatable bonds is 1. The fourth-order valence-electron chi connectivity index (χ4n) is 3.11. The predicted molar refractivity (Wildman–Crippen MR) is 69.6 cm³/mol. The summed E-state index contributed by atoms with van der Waals surface area (Å²) in [6, 6.07) is 0.325. The summed E-state index contributed by atoms with van der Waals surface area (Å²) < 4.78 is 5.38. The lowest BCUT2D eigenvalue weighted by Crippen LogP contribution is -2.74. The number of carbonyl (C=O) groups excluding carboxylic acids is 2. The summed E-state index contributed by atoms with van der Waals surface area (Å²) in [6.45, 7) is 6.24. The minimum atomic E-state index is -0.502. The molecule has 1 aliphatic carbocycles. The molecule has 0 N–H and O–H groups in total. The van der Waals surface area contributed by atoms with E-state index in [-0.39, 0.29) is 24.1 Å². The Morgan fingerprint density at radius 3 is 2.42 bits per heavy atom. The monoisotopic (exact) mass is 266 g/mol. The highest BCUT2D eigenvalue weighted by Crippen LogP contribution is 2.38. The average Bonchev–Trinajstić information content (AvgIpc) is 2.13. The lowest BCUT2D eigenvalue weighted by Gasteiger charge is -2.57. The standard InChI is InChI=1S/C14H22N2O3/c1-14(2,3)19-13(18)16-10-7-11(16)12(17)15(8-10)9-5-4-6-9/h9-11H,4-8H2,1-3H3/t10-,11+/m0/s1. The SMILES string of the molecule is CC(C)(C)OC(=O)N1[C@H]2C[C@@H]1C(=O)N(C1CCC1)C2. The molecule has 4 aliphatic rings. The summed E-state index contributed by atoms with van der Waals surface area (Å²) in [5, 5.41) is 0. The van der Waals surface area contributed by atoms with Gasteiger partial charge in [0.2, 0.25) is 5.91 Å². The predicted octanol–water partition coefficient (Wildman–Crippen LogP) is 1.76. The number of amides is 2. The van der Waals surface area contributed by atoms with Crippen LogP contribution >= 0.6 is 0 Å². The molecule has 2 bridgehead atoms. The summed E-state index contributed by atoms with van der Waals surface area (Å²) in [5.41, 5.74) is -0.502. The summed E-state index contributed by atoms with van der Waals surface area (Å²) >= 11 is 0. The Morgan fingerprint density at radius 2 is 1.95 bits per heavy atom. The Morgan fingerprint density at radius 1 is 1.26 bits per heavy atom. The molecule has 5 heteroatoms. The first-order valence-corrected chi connectivity index (χ1v) is 7.18. The van der Waals surface area contributed by atoms with Crippen molar-refractivity contribution in [2.24, 2.45) is 0 Å². The lowest BCUT2D eigenvalue weighted by molar-refractivity contribution is -0.163. The van der Waals surface area contributed by atoms with Crippen LogP contribution in [0.25, 0.3) is 0 Å². The highest BCUT2D eigenvalue weighted by Gasteiger charge is 2.55. The van der Waals surface area contributed by atoms with Gasteiger partial charge in [-0.1, -0.05) is 0 Å². The van der Waals surface area contributed by atoms with Crippen molar-refractivity contribution in [3.05, 3.63) is 0 Å². The van der Waals surface area contributed by atoms with Crippen molar-refractivity contribution in [1.82, 2.24) is 9.80 Å². The average molecular weight is 266 g/mol. The summed E-state index contributed by atoms with van der Waals surface area (Å²) in [7, 11) is 0. The minimum absolute atomic E-state index is 0.123. The van der Waals surface area contributed by atoms with Crippen LogP contribution in [-0.4, -0.2) is 52.1 Å². The molecule has 2 amide bonds. The summed E-state index contributed by atoms with van der Waals surface area (Å²) in [6.07, 6.45) is 3.94. The minimum Gasteiger partial charge on any atom is -0.444 e. The number of fused-ring (bicyclic) bond motifs is 2. The first-order valence-electron chi connectivity index (χ1n) is 7.18. The van der Waals surface area contributed by atoms with Crippen molar-refractivity contribution in [1.29, 1.82) is 0 Å². The Balaban J connectivity index is 1.65. The Bertz CT molecular complexity index is 411. The van der Waals surface area contributed by atoms with Crippen molar-refractivity contribution < 1.29 is 14.3 Å². The number of piperazine rings is 1. The number of hydrogen-bond acceptors (Lipinski definition) is 3. The van der Waals surface area contributed by atoms with E-state index < -0.39 is 5.60 Å². The van der Waals surface area contributed by atoms with Gasteiger partial charge in [0, 0.05) is 12.6 Å². The van der Waals surface area contributed by atoms with Crippen molar-refractivity contribution in [3.8, 4) is 0 Å². The molecule has 0 aromatic heterocycles. The van der Waals surface area contributed by atoms with Gasteiger partial charge >= 0.3 is 6.09 Å². The van der Waals surface area contributed by atoms with Gasteiger partial charge in [0.1, 0.15) is 11.6 Å². The Hall–Kier alpha value is -1.26. The molecule has 0 radical (unpaired) electrons. The van der Waals surface area contributed by atoms with Gasteiger partial charge in [-0.25, -0.2) is 4.79 Å². The first kappa shape index (κ1) is 12.8. The molecule has 3 saturated heterocycles. The fraction of sp³-hybridized carbons (Fsp3) is 0.857. The van der Waals surface area contributed by atoms with E-state index in [1.165, 1.54) is 6.42 Å². The van der Waals surface area contributed by atoms with Crippen molar-refractivity contribution in [2.75, 3.05) is 6.54 Å². The molecule has 19 heavy (non-hydrogen) atoms. The summed E-state index contributed by atoms with van der Waals surface area (Å²) in [4.78, 5) is 28.1. The van der Waals surface area contributed by atoms with Crippen molar-refractivity contribution >= 4 is 12.0 Å². The van der Waals surface area contributed by atoms with E-state index in [0.717, 1.165) is 19.3 Å². The van der Waals surface area contributed by atoms with E-state index in [0.29, 0.717) is 12.6 Å². The fourth-order valence-corrected chi connectivity index (χ4v) is 3.11. The van der Waals surface area contributed by atoms with Gasteiger partial charge in [-0.15, -0.1) is 0 Å². The number of nitrogens with zero attached hydrogens (tertiary/aromatic N) is 2. The summed E-state index contributed by atoms with van der Waals surface area (Å²) in [5.74, 6) is 0.123. The molecule has 3 aliphatic heterocycles. The zero-order valence-electron chi connectivity index (χ0n) is 11.9. The molecule has 4 fully saturated rings. The van der Waals surface area contributed by atoms with E-state index >= 15 is 0 Å². The lowest BCUT2D eigenvalue weighted by atomic mass is 9.82.